The van der Waals surface area contributed by atoms with E-state index in [1.807, 2.05) is 52.7 Å². The maximum atomic E-state index is 13.1. The molecule has 2 atom stereocenters. The van der Waals surface area contributed by atoms with Crippen molar-refractivity contribution in [3.63, 3.8) is 0 Å². The number of rotatable bonds is 4. The van der Waals surface area contributed by atoms with Gasteiger partial charge in [0.2, 0.25) is 5.91 Å². The van der Waals surface area contributed by atoms with E-state index in [4.69, 9.17) is 0 Å². The second kappa shape index (κ2) is 7.78. The lowest BCUT2D eigenvalue weighted by molar-refractivity contribution is -0.133. The number of carbonyl (C=O) groups excluding carboxylic acids is 2. The molecule has 4 rings (SSSR count). The average molecular weight is 380 g/mol. The largest absolute Gasteiger partial charge is 0.336 e. The molecule has 1 aromatic carbocycles. The Morgan fingerprint density at radius 3 is 2.71 bits per heavy atom. The molecule has 28 heavy (non-hydrogen) atoms. The van der Waals surface area contributed by atoms with Gasteiger partial charge in [0.05, 0.1) is 17.3 Å². The molecule has 1 aromatic heterocycles. The zero-order valence-electron chi connectivity index (χ0n) is 16.7. The smallest absolute Gasteiger partial charge is 0.257 e. The number of aryl methyl sites for hydroxylation is 2. The summed E-state index contributed by atoms with van der Waals surface area (Å²) in [5, 5.41) is 4.41. The molecule has 148 valence electrons. The van der Waals surface area contributed by atoms with Gasteiger partial charge in [-0.1, -0.05) is 30.3 Å². The summed E-state index contributed by atoms with van der Waals surface area (Å²) in [6.07, 6.45) is 4.35. The van der Waals surface area contributed by atoms with E-state index in [0.29, 0.717) is 31.0 Å². The number of likely N-dealkylation sites (tertiary alicyclic amines) is 2. The molecule has 6 nitrogen and oxygen atoms in total. The predicted octanol–water partition coefficient (Wildman–Crippen LogP) is 2.86. The number of benzene rings is 1. The highest BCUT2D eigenvalue weighted by Crippen LogP contribution is 2.32. The lowest BCUT2D eigenvalue weighted by atomic mass is 9.98. The number of hydrogen-bond acceptors (Lipinski definition) is 3. The molecule has 0 aliphatic carbocycles. The lowest BCUT2D eigenvalue weighted by Crippen LogP contribution is -2.43. The van der Waals surface area contributed by atoms with E-state index < -0.39 is 0 Å². The Balaban J connectivity index is 1.55. The predicted molar refractivity (Wildman–Crippen MR) is 107 cm³/mol. The van der Waals surface area contributed by atoms with Crippen LogP contribution in [0, 0.1) is 12.8 Å². The van der Waals surface area contributed by atoms with Gasteiger partial charge in [-0.05, 0) is 38.2 Å². The van der Waals surface area contributed by atoms with E-state index in [0.717, 1.165) is 37.2 Å². The first-order valence-electron chi connectivity index (χ1n) is 10.2. The van der Waals surface area contributed by atoms with E-state index in [9.17, 15) is 9.59 Å². The van der Waals surface area contributed by atoms with Crippen LogP contribution in [0.5, 0.6) is 0 Å². The van der Waals surface area contributed by atoms with Crippen LogP contribution in [-0.4, -0.2) is 50.5 Å². The summed E-state index contributed by atoms with van der Waals surface area (Å²) in [4.78, 5) is 29.9. The Bertz CT molecular complexity index is 861. The third-order valence-corrected chi connectivity index (χ3v) is 6.08. The van der Waals surface area contributed by atoms with Gasteiger partial charge in [-0.15, -0.1) is 0 Å². The van der Waals surface area contributed by atoms with E-state index in [-0.39, 0.29) is 17.9 Å². The minimum Gasteiger partial charge on any atom is -0.336 e. The maximum Gasteiger partial charge on any atom is 0.257 e. The second-order valence-corrected chi connectivity index (χ2v) is 7.92. The Morgan fingerprint density at radius 1 is 1.21 bits per heavy atom. The summed E-state index contributed by atoms with van der Waals surface area (Å²) in [7, 11) is 0. The van der Waals surface area contributed by atoms with E-state index in [1.165, 1.54) is 0 Å². The second-order valence-electron chi connectivity index (χ2n) is 7.92. The molecule has 2 amide bonds. The minimum absolute atomic E-state index is 0.0392. The highest BCUT2D eigenvalue weighted by molar-refractivity contribution is 5.95. The number of hydrogen-bond donors (Lipinski definition) is 0. The van der Waals surface area contributed by atoms with E-state index in [2.05, 4.69) is 17.2 Å². The first-order valence-corrected chi connectivity index (χ1v) is 10.2. The van der Waals surface area contributed by atoms with Gasteiger partial charge in [0.1, 0.15) is 0 Å². The van der Waals surface area contributed by atoms with Crippen molar-refractivity contribution in [3.05, 3.63) is 53.3 Å². The summed E-state index contributed by atoms with van der Waals surface area (Å²) >= 11 is 0. The van der Waals surface area contributed by atoms with Crippen LogP contribution >= 0.6 is 0 Å². The van der Waals surface area contributed by atoms with Gasteiger partial charge in [-0.25, -0.2) is 0 Å². The summed E-state index contributed by atoms with van der Waals surface area (Å²) < 4.78 is 1.81. The number of fused-ring (bicyclic) bond motifs is 1. The third-order valence-electron chi connectivity index (χ3n) is 6.08. The number of amides is 2. The Hall–Kier alpha value is -2.63. The molecule has 0 bridgehead atoms. The van der Waals surface area contributed by atoms with Crippen molar-refractivity contribution in [1.29, 1.82) is 0 Å². The van der Waals surface area contributed by atoms with Crippen molar-refractivity contribution in [2.24, 2.45) is 5.92 Å². The van der Waals surface area contributed by atoms with Crippen molar-refractivity contribution in [2.75, 3.05) is 13.1 Å². The quantitative estimate of drug-likeness (QED) is 0.820. The Morgan fingerprint density at radius 2 is 2.00 bits per heavy atom. The van der Waals surface area contributed by atoms with Crippen molar-refractivity contribution in [1.82, 2.24) is 19.6 Å². The van der Waals surface area contributed by atoms with Gasteiger partial charge in [0.15, 0.2) is 0 Å². The van der Waals surface area contributed by atoms with E-state index >= 15 is 0 Å². The zero-order valence-corrected chi connectivity index (χ0v) is 16.7. The molecular weight excluding hydrogens is 352 g/mol. The van der Waals surface area contributed by atoms with Crippen LogP contribution in [0.25, 0.3) is 0 Å². The van der Waals surface area contributed by atoms with E-state index in [1.54, 1.807) is 0 Å². The van der Waals surface area contributed by atoms with Crippen LogP contribution in [-0.2, 0) is 17.9 Å². The van der Waals surface area contributed by atoms with Crippen LogP contribution in [0.4, 0.5) is 0 Å². The third kappa shape index (κ3) is 3.55. The van der Waals surface area contributed by atoms with Gasteiger partial charge in [0.25, 0.3) is 5.91 Å². The number of nitrogens with zero attached hydrogens (tertiary/aromatic N) is 4. The molecule has 2 saturated heterocycles. The summed E-state index contributed by atoms with van der Waals surface area (Å²) in [6.45, 7) is 6.60. The maximum absolute atomic E-state index is 13.1. The highest BCUT2D eigenvalue weighted by atomic mass is 16.2. The summed E-state index contributed by atoms with van der Waals surface area (Å²) in [5.41, 5.74) is 2.59. The van der Waals surface area contributed by atoms with Crippen molar-refractivity contribution < 1.29 is 9.59 Å². The highest BCUT2D eigenvalue weighted by Gasteiger charge is 2.42. The SMILES string of the molecule is CCn1cc(C(=O)N2C[C@H]3CCCC(=O)N(Cc4ccccc4)[C@H]3C2)c(C)n1. The van der Waals surface area contributed by atoms with Crippen LogP contribution in [0.1, 0.15) is 47.8 Å². The van der Waals surface area contributed by atoms with Gasteiger partial charge in [-0.2, -0.15) is 5.10 Å². The standard InChI is InChI=1S/C22H28N4O2/c1-3-25-14-19(16(2)23-25)22(28)24-13-18-10-7-11-21(27)26(20(18)15-24)12-17-8-5-4-6-9-17/h4-6,8-9,14,18,20H,3,7,10-13,15H2,1-2H3/t18-,20+/m1/s1. The average Bonchev–Trinajstić information content (AvgIpc) is 3.26. The monoisotopic (exact) mass is 380 g/mol. The van der Waals surface area contributed by atoms with Crippen LogP contribution in [0.2, 0.25) is 0 Å². The van der Waals surface area contributed by atoms with Crippen molar-refractivity contribution >= 4 is 11.8 Å². The number of carbonyl (C=O) groups is 2. The molecule has 2 fully saturated rings. The van der Waals surface area contributed by atoms with Gasteiger partial charge >= 0.3 is 0 Å². The van der Waals surface area contributed by atoms with Crippen LogP contribution in [0.15, 0.2) is 36.5 Å². The summed E-state index contributed by atoms with van der Waals surface area (Å²) in [5.74, 6) is 0.596. The molecule has 0 unspecified atom stereocenters. The molecule has 0 radical (unpaired) electrons. The molecule has 3 heterocycles. The van der Waals surface area contributed by atoms with Crippen LogP contribution < -0.4 is 0 Å². The minimum atomic E-state index is 0.0392. The molecule has 0 spiro atoms. The fourth-order valence-electron chi connectivity index (χ4n) is 4.55. The lowest BCUT2D eigenvalue weighted by Gasteiger charge is -2.30. The number of aromatic nitrogens is 2. The molecule has 0 N–H and O–H groups in total. The molecule has 2 aliphatic heterocycles. The first-order chi connectivity index (χ1) is 13.6. The summed E-state index contributed by atoms with van der Waals surface area (Å²) in [6, 6.07) is 10.2. The van der Waals surface area contributed by atoms with Crippen LogP contribution in [0.3, 0.4) is 0 Å². The Kier molecular flexibility index (Phi) is 5.20. The molecule has 2 aliphatic rings. The van der Waals surface area contributed by atoms with Gasteiger partial charge in [0, 0.05) is 38.8 Å². The van der Waals surface area contributed by atoms with Crippen molar-refractivity contribution in [3.8, 4) is 0 Å². The zero-order chi connectivity index (χ0) is 19.7. The molecule has 6 heteroatoms. The fourth-order valence-corrected chi connectivity index (χ4v) is 4.55. The molecule has 2 aromatic rings. The van der Waals surface area contributed by atoms with Gasteiger partial charge < -0.3 is 9.80 Å². The fraction of sp³-hybridized carbons (Fsp3) is 0.500. The topological polar surface area (TPSA) is 58.4 Å². The first kappa shape index (κ1) is 18.7. The van der Waals surface area contributed by atoms with Crippen molar-refractivity contribution in [2.45, 2.75) is 52.2 Å². The normalized spacial score (nSPS) is 22.3. The molecular formula is C22H28N4O2. The Labute approximate surface area is 166 Å². The van der Waals surface area contributed by atoms with Gasteiger partial charge in [-0.3, -0.25) is 14.3 Å². The molecule has 0 saturated carbocycles.